The fourth-order valence-electron chi connectivity index (χ4n) is 8.37. The SMILES string of the molecule is CC(C)(C)OC(=O)N1CCC=C(B2OC(C)(C)C(C)(C)O2)C1.Cn1cc(-c2cc3c(Br)ccc(C(N)=O)c3[nH]2)cn1.Cn1cc(-c2cc3c(C4=CCCN(C(=O)OC(C)(C)C)C4)ccc(C(N)=O)c3[nH]2)cn1. The summed E-state index contributed by atoms with van der Waals surface area (Å²) in [6, 6.07) is 11.1. The fourth-order valence-corrected chi connectivity index (χ4v) is 8.81. The Labute approximate surface area is 428 Å². The zero-order chi connectivity index (χ0) is 52.7. The maximum absolute atomic E-state index is 12.6. The van der Waals surface area contributed by atoms with Gasteiger partial charge in [0.2, 0.25) is 0 Å². The lowest BCUT2D eigenvalue weighted by atomic mass is 9.76. The van der Waals surface area contributed by atoms with Crippen molar-refractivity contribution in [2.45, 2.75) is 104 Å². The van der Waals surface area contributed by atoms with E-state index in [9.17, 15) is 19.2 Å². The minimum absolute atomic E-state index is 0.283. The molecule has 0 saturated carbocycles. The molecule has 0 aliphatic carbocycles. The topological polar surface area (TPSA) is 231 Å². The van der Waals surface area contributed by atoms with Crippen LogP contribution in [0.1, 0.15) is 108 Å². The number of ether oxygens (including phenoxy) is 2. The van der Waals surface area contributed by atoms with Crippen LogP contribution in [-0.2, 0) is 32.9 Å². The molecule has 0 radical (unpaired) electrons. The highest BCUT2D eigenvalue weighted by atomic mass is 79.9. The third-order valence-corrected chi connectivity index (χ3v) is 13.3. The van der Waals surface area contributed by atoms with E-state index in [1.54, 1.807) is 43.7 Å². The highest BCUT2D eigenvalue weighted by Crippen LogP contribution is 2.40. The van der Waals surface area contributed by atoms with Crippen LogP contribution >= 0.6 is 15.9 Å². The van der Waals surface area contributed by atoms with Crippen molar-refractivity contribution in [1.82, 2.24) is 39.3 Å². The number of rotatable bonds is 6. The number of fused-ring (bicyclic) bond motifs is 2. The minimum Gasteiger partial charge on any atom is -0.444 e. The van der Waals surface area contributed by atoms with Crippen molar-refractivity contribution in [2.24, 2.45) is 25.6 Å². The molecule has 0 bridgehead atoms. The molecule has 1 fully saturated rings. The van der Waals surface area contributed by atoms with Gasteiger partial charge < -0.3 is 50.0 Å². The third kappa shape index (κ3) is 12.2. The summed E-state index contributed by atoms with van der Waals surface area (Å²) in [5.41, 5.74) is 18.1. The Bertz CT molecular complexity index is 3080. The van der Waals surface area contributed by atoms with Gasteiger partial charge in [-0.1, -0.05) is 34.1 Å². The molecular formula is C52H66BBrN10O8. The van der Waals surface area contributed by atoms with Crippen LogP contribution in [-0.4, -0.2) is 119 Å². The predicted octanol–water partition coefficient (Wildman–Crippen LogP) is 9.31. The van der Waals surface area contributed by atoms with E-state index < -0.39 is 30.1 Å². The number of nitrogens with one attached hydrogen (secondary N) is 2. The number of aromatic nitrogens is 6. The molecule has 6 N–H and O–H groups in total. The molecule has 4 aromatic heterocycles. The minimum atomic E-state index is -0.548. The molecule has 9 rings (SSSR count). The molecule has 3 aliphatic heterocycles. The average Bonchev–Trinajstić information content (AvgIpc) is 4.14. The van der Waals surface area contributed by atoms with Gasteiger partial charge in [-0.15, -0.1) is 0 Å². The zero-order valence-corrected chi connectivity index (χ0v) is 44.8. The van der Waals surface area contributed by atoms with Crippen LogP contribution in [0.2, 0.25) is 0 Å². The number of aromatic amines is 2. The first-order valence-electron chi connectivity index (χ1n) is 23.8. The number of hydrogen-bond donors (Lipinski definition) is 4. The van der Waals surface area contributed by atoms with Crippen molar-refractivity contribution in [3.8, 4) is 22.5 Å². The largest absolute Gasteiger partial charge is 0.492 e. The van der Waals surface area contributed by atoms with E-state index in [1.807, 2.05) is 120 Å². The number of aryl methyl sites for hydroxylation is 2. The number of benzene rings is 2. The van der Waals surface area contributed by atoms with Gasteiger partial charge in [0.1, 0.15) is 11.2 Å². The number of halogens is 1. The van der Waals surface area contributed by atoms with Gasteiger partial charge in [-0.25, -0.2) is 9.59 Å². The van der Waals surface area contributed by atoms with Crippen molar-refractivity contribution < 1.29 is 38.0 Å². The number of H-pyrrole nitrogens is 2. The first-order chi connectivity index (χ1) is 33.6. The second-order valence-electron chi connectivity index (χ2n) is 21.2. The molecule has 3 aliphatic rings. The van der Waals surface area contributed by atoms with Gasteiger partial charge in [-0.3, -0.25) is 19.0 Å². The summed E-state index contributed by atoms with van der Waals surface area (Å²) in [7, 11) is 3.32. The summed E-state index contributed by atoms with van der Waals surface area (Å²) in [4.78, 5) is 58.3. The Morgan fingerprint density at radius 2 is 1.15 bits per heavy atom. The van der Waals surface area contributed by atoms with Crippen molar-refractivity contribution in [3.63, 3.8) is 0 Å². The molecule has 1 saturated heterocycles. The number of carbonyl (C=O) groups is 4. The summed E-state index contributed by atoms with van der Waals surface area (Å²) in [5, 5.41) is 10.2. The van der Waals surface area contributed by atoms with Crippen molar-refractivity contribution in [1.29, 1.82) is 0 Å². The Morgan fingerprint density at radius 3 is 1.62 bits per heavy atom. The number of hydrogen-bond acceptors (Lipinski definition) is 10. The quantitative estimate of drug-likeness (QED) is 0.116. The standard InChI is InChI=1S/C23H27N5O3.C16H28BNO4.C13H11BrN4O/c1-23(2,3)31-22(30)28-9-5-6-14(13-28)16-7-8-17(21(24)29)20-18(16)10-19(26-20)15-11-25-27(4)12-15;1-14(2,3)20-13(19)18-10-8-9-12(11-18)17-21-15(4,5)16(6,7)22-17;1-18-6-7(5-16-18)11-4-9-10(14)3-2-8(13(15)19)12(9)17-11/h6-8,10-12,26H,5,9,13H2,1-4H3,(H2,24,29);9H,8,10-11H2,1-7H3;2-6,17H,1H3,(H2,15,19). The van der Waals surface area contributed by atoms with Gasteiger partial charge in [0.25, 0.3) is 11.8 Å². The fraction of sp³-hybridized carbons (Fsp3) is 0.423. The molecule has 7 heterocycles. The van der Waals surface area contributed by atoms with Crippen LogP contribution in [0.3, 0.4) is 0 Å². The maximum Gasteiger partial charge on any atom is 0.492 e. The molecule has 2 aromatic carbocycles. The number of primary amides is 2. The summed E-state index contributed by atoms with van der Waals surface area (Å²) < 4.78 is 27.5. The van der Waals surface area contributed by atoms with Crippen molar-refractivity contribution in [2.75, 3.05) is 26.2 Å². The summed E-state index contributed by atoms with van der Waals surface area (Å²) in [6.45, 7) is 21.5. The summed E-state index contributed by atoms with van der Waals surface area (Å²) >= 11 is 3.48. The molecular weight excluding hydrogens is 983 g/mol. The second-order valence-corrected chi connectivity index (χ2v) is 22.1. The molecule has 0 atom stereocenters. The lowest BCUT2D eigenvalue weighted by Crippen LogP contribution is -2.42. The van der Waals surface area contributed by atoms with Gasteiger partial charge in [0, 0.05) is 90.4 Å². The van der Waals surface area contributed by atoms with Gasteiger partial charge in [0.15, 0.2) is 0 Å². The highest BCUT2D eigenvalue weighted by molar-refractivity contribution is 9.10. The predicted molar refractivity (Wildman–Crippen MR) is 283 cm³/mol. The lowest BCUT2D eigenvalue weighted by Gasteiger charge is -2.32. The van der Waals surface area contributed by atoms with Crippen LogP contribution in [0.15, 0.2) is 83.3 Å². The van der Waals surface area contributed by atoms with E-state index in [2.05, 4.69) is 48.2 Å². The molecule has 72 heavy (non-hydrogen) atoms. The molecule has 0 unspecified atom stereocenters. The zero-order valence-electron chi connectivity index (χ0n) is 43.2. The molecule has 4 amide bonds. The van der Waals surface area contributed by atoms with Gasteiger partial charge in [-0.05, 0) is 129 Å². The Morgan fingerprint density at radius 1 is 0.694 bits per heavy atom. The summed E-state index contributed by atoms with van der Waals surface area (Å²) in [6.07, 6.45) is 12.5. The van der Waals surface area contributed by atoms with E-state index in [-0.39, 0.29) is 23.4 Å². The molecule has 20 heteroatoms. The van der Waals surface area contributed by atoms with E-state index >= 15 is 0 Å². The molecule has 0 spiro atoms. The molecule has 382 valence electrons. The van der Waals surface area contributed by atoms with Gasteiger partial charge in [0.05, 0.1) is 45.8 Å². The van der Waals surface area contributed by atoms with E-state index in [0.29, 0.717) is 42.8 Å². The maximum atomic E-state index is 12.6. The van der Waals surface area contributed by atoms with Crippen LogP contribution in [0.5, 0.6) is 0 Å². The molecule has 6 aromatic rings. The van der Waals surface area contributed by atoms with Gasteiger partial charge in [-0.2, -0.15) is 10.2 Å². The number of nitrogens with zero attached hydrogens (tertiary/aromatic N) is 6. The van der Waals surface area contributed by atoms with Gasteiger partial charge >= 0.3 is 19.3 Å². The van der Waals surface area contributed by atoms with Crippen LogP contribution in [0.25, 0.3) is 49.9 Å². The van der Waals surface area contributed by atoms with Crippen molar-refractivity contribution >= 4 is 74.4 Å². The first-order valence-corrected chi connectivity index (χ1v) is 24.6. The Kier molecular flexibility index (Phi) is 15.1. The average molecular weight is 1050 g/mol. The Hall–Kier alpha value is -6.64. The summed E-state index contributed by atoms with van der Waals surface area (Å²) in [5.74, 6) is -0.943. The van der Waals surface area contributed by atoms with Crippen LogP contribution < -0.4 is 11.5 Å². The number of carbonyl (C=O) groups excluding carboxylic acids is 4. The Balaban J connectivity index is 0.000000164. The van der Waals surface area contributed by atoms with Crippen LogP contribution in [0.4, 0.5) is 9.59 Å². The van der Waals surface area contributed by atoms with E-state index in [0.717, 1.165) is 72.7 Å². The third-order valence-electron chi connectivity index (χ3n) is 12.6. The molecule has 18 nitrogen and oxygen atoms in total. The second kappa shape index (κ2) is 20.5. The highest BCUT2D eigenvalue weighted by Gasteiger charge is 2.53. The number of nitrogens with two attached hydrogens (primary N) is 2. The monoisotopic (exact) mass is 1050 g/mol. The van der Waals surface area contributed by atoms with E-state index in [1.165, 1.54) is 0 Å². The lowest BCUT2D eigenvalue weighted by molar-refractivity contribution is 0.00578. The van der Waals surface area contributed by atoms with Crippen LogP contribution in [0, 0.1) is 0 Å². The van der Waals surface area contributed by atoms with E-state index in [4.69, 9.17) is 30.2 Å². The smallest absolute Gasteiger partial charge is 0.444 e. The normalized spacial score (nSPS) is 16.6. The first kappa shape index (κ1) is 53.2. The number of amides is 4. The van der Waals surface area contributed by atoms with Crippen molar-refractivity contribution in [3.05, 3.63) is 100.0 Å².